The molecule has 0 fully saturated rings. The minimum atomic E-state index is -0.964. The molecule has 1 aliphatic carbocycles. The predicted molar refractivity (Wildman–Crippen MR) is 123 cm³/mol. The third-order valence-corrected chi connectivity index (χ3v) is 5.84. The Bertz CT molecular complexity index is 985. The number of carbonyl (C=O) groups excluding carboxylic acids is 3. The molecule has 3 rings (SSSR count). The molecule has 0 bridgehead atoms. The van der Waals surface area contributed by atoms with E-state index in [0.717, 1.165) is 30.4 Å². The second kappa shape index (κ2) is 10.4. The van der Waals surface area contributed by atoms with Crippen LogP contribution in [0.25, 0.3) is 0 Å². The van der Waals surface area contributed by atoms with Crippen LogP contribution < -0.4 is 10.6 Å². The molecule has 2 aromatic rings. The number of carbonyl (C=O) groups is 3. The first kappa shape index (κ1) is 23.5. The van der Waals surface area contributed by atoms with E-state index >= 15 is 0 Å². The third-order valence-electron chi connectivity index (χ3n) is 5.84. The summed E-state index contributed by atoms with van der Waals surface area (Å²) in [6.07, 6.45) is 1.89. The Balaban J connectivity index is 1.61. The number of benzene rings is 2. The van der Waals surface area contributed by atoms with Crippen molar-refractivity contribution in [1.82, 2.24) is 10.6 Å². The van der Waals surface area contributed by atoms with Crippen LogP contribution in [0.4, 0.5) is 0 Å². The average Bonchev–Trinajstić information content (AvgIpc) is 2.77. The van der Waals surface area contributed by atoms with Gasteiger partial charge in [0, 0.05) is 5.56 Å². The lowest BCUT2D eigenvalue weighted by molar-refractivity contribution is -0.157. The maximum atomic E-state index is 12.8. The lowest BCUT2D eigenvalue weighted by atomic mass is 9.87. The molecule has 6 heteroatoms. The molecule has 3 atom stereocenters. The molecule has 2 amide bonds. The van der Waals surface area contributed by atoms with E-state index in [0.29, 0.717) is 5.56 Å². The highest BCUT2D eigenvalue weighted by Crippen LogP contribution is 2.29. The van der Waals surface area contributed by atoms with Crippen molar-refractivity contribution in [3.8, 4) is 0 Å². The van der Waals surface area contributed by atoms with E-state index in [1.807, 2.05) is 45.0 Å². The zero-order valence-electron chi connectivity index (χ0n) is 19.2. The Morgan fingerprint density at radius 2 is 1.78 bits per heavy atom. The number of amides is 2. The number of fused-ring (bicyclic) bond motifs is 1. The standard InChI is InChI=1S/C26H32N2O4/c1-16(2)23(28-25(30)20-12-7-9-17(3)15-20)26(31)32-18(4)24(29)27-22-14-8-11-19-10-5-6-13-21(19)22/h5-7,9-10,12-13,15-16,18,22-23H,8,11,14H2,1-4H3,(H,27,29)(H,28,30)/t18?,22?,23-/m0/s1. The fourth-order valence-corrected chi connectivity index (χ4v) is 4.00. The minimum absolute atomic E-state index is 0.0875. The van der Waals surface area contributed by atoms with Gasteiger partial charge >= 0.3 is 5.97 Å². The van der Waals surface area contributed by atoms with Crippen LogP contribution in [-0.4, -0.2) is 29.9 Å². The first-order valence-corrected chi connectivity index (χ1v) is 11.2. The van der Waals surface area contributed by atoms with Gasteiger partial charge in [0.15, 0.2) is 6.10 Å². The Kier molecular flexibility index (Phi) is 7.67. The summed E-state index contributed by atoms with van der Waals surface area (Å²) in [6.45, 7) is 7.11. The number of esters is 1. The second-order valence-corrected chi connectivity index (χ2v) is 8.80. The lowest BCUT2D eigenvalue weighted by Gasteiger charge is -2.28. The first-order chi connectivity index (χ1) is 15.3. The fraction of sp³-hybridized carbons (Fsp3) is 0.423. The SMILES string of the molecule is Cc1cccc(C(=O)N[C@H](C(=O)OC(C)C(=O)NC2CCCc3ccccc32)C(C)C)c1. The summed E-state index contributed by atoms with van der Waals surface area (Å²) in [5, 5.41) is 5.77. The molecule has 0 radical (unpaired) electrons. The van der Waals surface area contributed by atoms with Crippen LogP contribution in [0, 0.1) is 12.8 Å². The summed E-state index contributed by atoms with van der Waals surface area (Å²) in [5.41, 5.74) is 3.80. The average molecular weight is 437 g/mol. The smallest absolute Gasteiger partial charge is 0.329 e. The van der Waals surface area contributed by atoms with Crippen molar-refractivity contribution in [2.24, 2.45) is 5.92 Å². The van der Waals surface area contributed by atoms with Crippen LogP contribution in [0.3, 0.4) is 0 Å². The van der Waals surface area contributed by atoms with Crippen molar-refractivity contribution in [2.45, 2.75) is 65.1 Å². The maximum absolute atomic E-state index is 12.8. The van der Waals surface area contributed by atoms with Crippen LogP contribution in [-0.2, 0) is 20.7 Å². The number of nitrogens with one attached hydrogen (secondary N) is 2. The normalized spacial score (nSPS) is 17.1. The van der Waals surface area contributed by atoms with Gasteiger partial charge in [-0.05, 0) is 62.3 Å². The highest BCUT2D eigenvalue weighted by Gasteiger charge is 2.30. The van der Waals surface area contributed by atoms with E-state index in [1.165, 1.54) is 5.56 Å². The molecule has 1 aliphatic rings. The molecule has 0 spiro atoms. The minimum Gasteiger partial charge on any atom is -0.451 e. The molecular formula is C26H32N2O4. The zero-order valence-corrected chi connectivity index (χ0v) is 19.2. The van der Waals surface area contributed by atoms with Gasteiger partial charge in [-0.1, -0.05) is 55.8 Å². The molecule has 6 nitrogen and oxygen atoms in total. The number of ether oxygens (including phenoxy) is 1. The predicted octanol–water partition coefficient (Wildman–Crippen LogP) is 3.87. The molecule has 0 saturated carbocycles. The van der Waals surface area contributed by atoms with Gasteiger partial charge in [0.05, 0.1) is 6.04 Å². The van der Waals surface area contributed by atoms with E-state index in [1.54, 1.807) is 25.1 Å². The molecule has 0 aromatic heterocycles. The Morgan fingerprint density at radius 1 is 1.03 bits per heavy atom. The van der Waals surface area contributed by atoms with Gasteiger partial charge in [-0.3, -0.25) is 9.59 Å². The number of rotatable bonds is 7. The topological polar surface area (TPSA) is 84.5 Å². The quantitative estimate of drug-likeness (QED) is 0.645. The Labute approximate surface area is 189 Å². The highest BCUT2D eigenvalue weighted by atomic mass is 16.5. The van der Waals surface area contributed by atoms with Gasteiger partial charge in [-0.15, -0.1) is 0 Å². The summed E-state index contributed by atoms with van der Waals surface area (Å²) in [5.74, 6) is -1.50. The summed E-state index contributed by atoms with van der Waals surface area (Å²) in [6, 6.07) is 14.3. The molecule has 0 saturated heterocycles. The summed E-state index contributed by atoms with van der Waals surface area (Å²) < 4.78 is 5.46. The van der Waals surface area contributed by atoms with E-state index in [-0.39, 0.29) is 23.8 Å². The van der Waals surface area contributed by atoms with Crippen LogP contribution in [0.15, 0.2) is 48.5 Å². The van der Waals surface area contributed by atoms with E-state index in [9.17, 15) is 14.4 Å². The molecule has 2 N–H and O–H groups in total. The van der Waals surface area contributed by atoms with Crippen LogP contribution in [0.5, 0.6) is 0 Å². The Hall–Kier alpha value is -3.15. The van der Waals surface area contributed by atoms with Gasteiger partial charge in [-0.25, -0.2) is 4.79 Å². The van der Waals surface area contributed by atoms with Crippen LogP contribution >= 0.6 is 0 Å². The summed E-state index contributed by atoms with van der Waals surface area (Å²) >= 11 is 0. The van der Waals surface area contributed by atoms with E-state index < -0.39 is 18.1 Å². The van der Waals surface area contributed by atoms with Crippen molar-refractivity contribution < 1.29 is 19.1 Å². The fourth-order valence-electron chi connectivity index (χ4n) is 4.00. The molecule has 0 heterocycles. The summed E-state index contributed by atoms with van der Waals surface area (Å²) in [7, 11) is 0. The largest absolute Gasteiger partial charge is 0.451 e. The number of aryl methyl sites for hydroxylation is 2. The lowest BCUT2D eigenvalue weighted by Crippen LogP contribution is -2.48. The summed E-state index contributed by atoms with van der Waals surface area (Å²) in [4.78, 5) is 38.2. The molecular weight excluding hydrogens is 404 g/mol. The van der Waals surface area contributed by atoms with Crippen LogP contribution in [0.1, 0.15) is 66.7 Å². The van der Waals surface area contributed by atoms with Gasteiger partial charge in [0.2, 0.25) is 0 Å². The third kappa shape index (κ3) is 5.75. The molecule has 170 valence electrons. The van der Waals surface area contributed by atoms with E-state index in [2.05, 4.69) is 16.7 Å². The first-order valence-electron chi connectivity index (χ1n) is 11.2. The monoisotopic (exact) mass is 436 g/mol. The van der Waals surface area contributed by atoms with E-state index in [4.69, 9.17) is 4.74 Å². The van der Waals surface area contributed by atoms with Crippen molar-refractivity contribution in [3.63, 3.8) is 0 Å². The highest BCUT2D eigenvalue weighted by molar-refractivity contribution is 5.97. The maximum Gasteiger partial charge on any atom is 0.329 e. The van der Waals surface area contributed by atoms with Gasteiger partial charge in [0.1, 0.15) is 6.04 Å². The van der Waals surface area contributed by atoms with Crippen molar-refractivity contribution in [3.05, 3.63) is 70.8 Å². The Morgan fingerprint density at radius 3 is 2.50 bits per heavy atom. The zero-order chi connectivity index (χ0) is 23.3. The van der Waals surface area contributed by atoms with Crippen molar-refractivity contribution >= 4 is 17.8 Å². The molecule has 32 heavy (non-hydrogen) atoms. The molecule has 2 aromatic carbocycles. The molecule has 0 aliphatic heterocycles. The molecule has 2 unspecified atom stereocenters. The number of hydrogen-bond donors (Lipinski definition) is 2. The van der Waals surface area contributed by atoms with Gasteiger partial charge < -0.3 is 15.4 Å². The number of hydrogen-bond acceptors (Lipinski definition) is 4. The van der Waals surface area contributed by atoms with Crippen molar-refractivity contribution in [1.29, 1.82) is 0 Å². The van der Waals surface area contributed by atoms with Gasteiger partial charge in [-0.2, -0.15) is 0 Å². The van der Waals surface area contributed by atoms with Crippen LogP contribution in [0.2, 0.25) is 0 Å². The second-order valence-electron chi connectivity index (χ2n) is 8.80. The van der Waals surface area contributed by atoms with Crippen molar-refractivity contribution in [2.75, 3.05) is 0 Å². The van der Waals surface area contributed by atoms with Gasteiger partial charge in [0.25, 0.3) is 11.8 Å².